The fourth-order valence-corrected chi connectivity index (χ4v) is 0.938. The van der Waals surface area contributed by atoms with Crippen LogP contribution in [0.3, 0.4) is 0 Å². The van der Waals surface area contributed by atoms with Crippen LogP contribution in [0.15, 0.2) is 21.8 Å². The van der Waals surface area contributed by atoms with E-state index in [4.69, 9.17) is 5.11 Å². The minimum Gasteiger partial charge on any atom is -0.478 e. The molecule has 56 valence electrons. The quantitative estimate of drug-likeness (QED) is 0.475. The van der Waals surface area contributed by atoms with Crippen molar-refractivity contribution in [2.45, 2.75) is 13.3 Å². The zero-order valence-corrected chi connectivity index (χ0v) is 7.88. The molecule has 0 aromatic heterocycles. The topological polar surface area (TPSA) is 37.3 Å². The van der Waals surface area contributed by atoms with Gasteiger partial charge in [0.25, 0.3) is 0 Å². The summed E-state index contributed by atoms with van der Waals surface area (Å²) in [5, 5.41) is 8.48. The van der Waals surface area contributed by atoms with E-state index in [0.29, 0.717) is 12.0 Å². The van der Waals surface area contributed by atoms with Gasteiger partial charge in [-0.1, -0.05) is 6.08 Å². The highest BCUT2D eigenvalue weighted by atomic mass is 127. The molecule has 1 N–H and O–H groups in total. The summed E-state index contributed by atoms with van der Waals surface area (Å²) in [5.41, 5.74) is 0.403. The smallest absolute Gasteiger partial charge is 0.332 e. The Balaban J connectivity index is 4.33. The van der Waals surface area contributed by atoms with Gasteiger partial charge in [0.1, 0.15) is 0 Å². The second-order valence-electron chi connectivity index (χ2n) is 1.83. The van der Waals surface area contributed by atoms with Gasteiger partial charge in [-0.3, -0.25) is 0 Å². The van der Waals surface area contributed by atoms with Gasteiger partial charge >= 0.3 is 5.97 Å². The van der Waals surface area contributed by atoms with Crippen LogP contribution in [0, 0.1) is 0 Å². The predicted octanol–water partition coefficient (Wildman–Crippen LogP) is 2.36. The van der Waals surface area contributed by atoms with Gasteiger partial charge in [0, 0.05) is 9.15 Å². The molecule has 10 heavy (non-hydrogen) atoms. The van der Waals surface area contributed by atoms with Crippen LogP contribution in [0.25, 0.3) is 0 Å². The molecule has 0 spiro atoms. The van der Waals surface area contributed by atoms with Crippen LogP contribution in [0.5, 0.6) is 0 Å². The molecule has 2 nitrogen and oxygen atoms in total. The number of carboxylic acids is 1. The maximum atomic E-state index is 10.3. The molecule has 0 unspecified atom stereocenters. The van der Waals surface area contributed by atoms with E-state index in [1.807, 2.05) is 22.6 Å². The summed E-state index contributed by atoms with van der Waals surface area (Å²) < 4.78 is 0.833. The summed E-state index contributed by atoms with van der Waals surface area (Å²) in [6, 6.07) is 0. The van der Waals surface area contributed by atoms with Gasteiger partial charge in [0.2, 0.25) is 0 Å². The Morgan fingerprint density at radius 1 is 1.80 bits per heavy atom. The SMILES string of the molecule is C=CC/C(I)=C(/C)C(=O)O. The van der Waals surface area contributed by atoms with E-state index in [-0.39, 0.29) is 0 Å². The lowest BCUT2D eigenvalue weighted by atomic mass is 10.2. The fourth-order valence-electron chi connectivity index (χ4n) is 0.396. The zero-order chi connectivity index (χ0) is 8.15. The molecule has 0 fully saturated rings. The molecule has 0 amide bonds. The van der Waals surface area contributed by atoms with E-state index < -0.39 is 5.97 Å². The second kappa shape index (κ2) is 4.49. The molecule has 0 aliphatic heterocycles. The number of halogens is 1. The van der Waals surface area contributed by atoms with Crippen molar-refractivity contribution in [3.63, 3.8) is 0 Å². The molecule has 0 bridgehead atoms. The van der Waals surface area contributed by atoms with E-state index in [9.17, 15) is 4.79 Å². The first-order chi connectivity index (χ1) is 4.59. The summed E-state index contributed by atoms with van der Waals surface area (Å²) in [7, 11) is 0. The molecular weight excluding hydrogens is 243 g/mol. The molecule has 0 saturated carbocycles. The largest absolute Gasteiger partial charge is 0.478 e. The molecule has 3 heteroatoms. The molecule has 0 atom stereocenters. The standard InChI is InChI=1S/C7H9IO2/c1-3-4-6(8)5(2)7(9)10/h3H,1,4H2,2H3,(H,9,10)/b6-5+. The molecule has 0 aromatic carbocycles. The van der Waals surface area contributed by atoms with E-state index in [1.54, 1.807) is 13.0 Å². The maximum absolute atomic E-state index is 10.3. The van der Waals surface area contributed by atoms with Gasteiger partial charge in [0.05, 0.1) is 0 Å². The highest BCUT2D eigenvalue weighted by molar-refractivity contribution is 14.1. The number of rotatable bonds is 3. The molecule has 0 aromatic rings. The van der Waals surface area contributed by atoms with Crippen LogP contribution >= 0.6 is 22.6 Å². The zero-order valence-electron chi connectivity index (χ0n) is 5.72. The van der Waals surface area contributed by atoms with Crippen LogP contribution in [-0.4, -0.2) is 11.1 Å². The summed E-state index contributed by atoms with van der Waals surface area (Å²) in [4.78, 5) is 10.3. The Hall–Kier alpha value is -0.320. The van der Waals surface area contributed by atoms with Gasteiger partial charge in [-0.05, 0) is 35.9 Å². The number of carbonyl (C=O) groups is 1. The van der Waals surface area contributed by atoms with Crippen molar-refractivity contribution >= 4 is 28.6 Å². The van der Waals surface area contributed by atoms with Crippen molar-refractivity contribution in [1.29, 1.82) is 0 Å². The number of hydrogen-bond acceptors (Lipinski definition) is 1. The lowest BCUT2D eigenvalue weighted by Gasteiger charge is -1.96. The minimum atomic E-state index is -0.855. The van der Waals surface area contributed by atoms with Crippen LogP contribution < -0.4 is 0 Å². The fraction of sp³-hybridized carbons (Fsp3) is 0.286. The minimum absolute atomic E-state index is 0.403. The van der Waals surface area contributed by atoms with Crippen molar-refractivity contribution in [3.8, 4) is 0 Å². The second-order valence-corrected chi connectivity index (χ2v) is 3.13. The van der Waals surface area contributed by atoms with E-state index >= 15 is 0 Å². The van der Waals surface area contributed by atoms with Crippen LogP contribution in [0.1, 0.15) is 13.3 Å². The van der Waals surface area contributed by atoms with Gasteiger partial charge < -0.3 is 5.11 Å². The van der Waals surface area contributed by atoms with E-state index in [2.05, 4.69) is 6.58 Å². The maximum Gasteiger partial charge on any atom is 0.332 e. The summed E-state index contributed by atoms with van der Waals surface area (Å²) in [6.07, 6.45) is 2.33. The number of carboxylic acid groups (broad SMARTS) is 1. The number of aliphatic carboxylic acids is 1. The van der Waals surface area contributed by atoms with Gasteiger partial charge in [-0.2, -0.15) is 0 Å². The molecule has 0 aliphatic carbocycles. The molecule has 0 saturated heterocycles. The third-order valence-corrected chi connectivity index (χ3v) is 2.30. The summed E-state index contributed by atoms with van der Waals surface area (Å²) in [6.45, 7) is 5.10. The number of hydrogen-bond donors (Lipinski definition) is 1. The van der Waals surface area contributed by atoms with Crippen LogP contribution in [0.4, 0.5) is 0 Å². The summed E-state index contributed by atoms with van der Waals surface area (Å²) in [5.74, 6) is -0.855. The third-order valence-electron chi connectivity index (χ3n) is 1.05. The average Bonchev–Trinajstić information content (AvgIpc) is 1.87. The first-order valence-corrected chi connectivity index (χ1v) is 3.87. The lowest BCUT2D eigenvalue weighted by Crippen LogP contribution is -1.97. The third kappa shape index (κ3) is 3.00. The molecule has 0 heterocycles. The Labute approximate surface area is 73.8 Å². The lowest BCUT2D eigenvalue weighted by molar-refractivity contribution is -0.132. The Morgan fingerprint density at radius 3 is 2.60 bits per heavy atom. The highest BCUT2D eigenvalue weighted by Gasteiger charge is 2.03. The highest BCUT2D eigenvalue weighted by Crippen LogP contribution is 2.16. The predicted molar refractivity (Wildman–Crippen MR) is 49.2 cm³/mol. The normalized spacial score (nSPS) is 12.2. The first-order valence-electron chi connectivity index (χ1n) is 2.79. The Morgan fingerprint density at radius 2 is 2.30 bits per heavy atom. The first kappa shape index (κ1) is 9.68. The van der Waals surface area contributed by atoms with Crippen molar-refractivity contribution < 1.29 is 9.90 Å². The van der Waals surface area contributed by atoms with Crippen LogP contribution in [-0.2, 0) is 4.79 Å². The Bertz CT molecular complexity index is 182. The van der Waals surface area contributed by atoms with Crippen molar-refractivity contribution in [2.24, 2.45) is 0 Å². The molecule has 0 rings (SSSR count). The van der Waals surface area contributed by atoms with Crippen LogP contribution in [0.2, 0.25) is 0 Å². The average molecular weight is 252 g/mol. The van der Waals surface area contributed by atoms with Crippen molar-refractivity contribution in [3.05, 3.63) is 21.8 Å². The van der Waals surface area contributed by atoms with Gasteiger partial charge in [0.15, 0.2) is 0 Å². The van der Waals surface area contributed by atoms with Crippen molar-refractivity contribution in [2.75, 3.05) is 0 Å². The molecule has 0 radical (unpaired) electrons. The number of allylic oxidation sites excluding steroid dienone is 2. The van der Waals surface area contributed by atoms with Gasteiger partial charge in [-0.25, -0.2) is 4.79 Å². The Kier molecular flexibility index (Phi) is 4.34. The van der Waals surface area contributed by atoms with E-state index in [1.165, 1.54) is 0 Å². The molecular formula is C7H9IO2. The van der Waals surface area contributed by atoms with Crippen molar-refractivity contribution in [1.82, 2.24) is 0 Å². The summed E-state index contributed by atoms with van der Waals surface area (Å²) >= 11 is 2.01. The monoisotopic (exact) mass is 252 g/mol. The van der Waals surface area contributed by atoms with Gasteiger partial charge in [-0.15, -0.1) is 6.58 Å². The van der Waals surface area contributed by atoms with E-state index in [0.717, 1.165) is 3.58 Å². The molecule has 0 aliphatic rings.